The third-order valence-corrected chi connectivity index (χ3v) is 7.86. The number of amides is 2. The Labute approximate surface area is 219 Å². The molecule has 1 aliphatic heterocycles. The molecule has 1 atom stereocenters. The minimum Gasteiger partial charge on any atom is -0.352 e. The molecule has 2 amide bonds. The number of benzene rings is 2. The van der Waals surface area contributed by atoms with Crippen LogP contribution in [0.25, 0.3) is 5.69 Å². The van der Waals surface area contributed by atoms with Crippen molar-refractivity contribution in [3.05, 3.63) is 76.2 Å². The van der Waals surface area contributed by atoms with Crippen LogP contribution >= 0.6 is 23.4 Å². The average molecular weight is 527 g/mol. The van der Waals surface area contributed by atoms with Crippen molar-refractivity contribution in [1.29, 1.82) is 0 Å². The minimum absolute atomic E-state index is 0.136. The smallest absolute Gasteiger partial charge is 0.240 e. The third kappa shape index (κ3) is 4.89. The monoisotopic (exact) mass is 526 g/mol. The highest BCUT2D eigenvalue weighted by atomic mass is 35.5. The fourth-order valence-corrected chi connectivity index (χ4v) is 5.98. The molecule has 0 radical (unpaired) electrons. The number of rotatable bonds is 5. The second kappa shape index (κ2) is 9.56. The number of thioether (sulfide) groups is 1. The van der Waals surface area contributed by atoms with Gasteiger partial charge >= 0.3 is 0 Å². The maximum atomic E-state index is 14.3. The van der Waals surface area contributed by atoms with E-state index in [1.54, 1.807) is 16.8 Å². The van der Waals surface area contributed by atoms with E-state index in [2.05, 4.69) is 26.1 Å². The van der Waals surface area contributed by atoms with Gasteiger partial charge in [-0.15, -0.1) is 11.8 Å². The van der Waals surface area contributed by atoms with Crippen LogP contribution < -0.4 is 10.2 Å². The topological polar surface area (TPSA) is 67.2 Å². The fraction of sp³-hybridized carbons (Fsp3) is 0.370. The molecule has 2 heterocycles. The van der Waals surface area contributed by atoms with Gasteiger partial charge in [-0.3, -0.25) is 14.5 Å². The number of halogens is 2. The van der Waals surface area contributed by atoms with Crippen LogP contribution in [0.5, 0.6) is 0 Å². The molecule has 0 spiro atoms. The molecule has 3 aromatic rings. The Morgan fingerprint density at radius 1 is 1.19 bits per heavy atom. The lowest BCUT2D eigenvalue weighted by molar-refractivity contribution is -0.123. The largest absolute Gasteiger partial charge is 0.352 e. The molecule has 1 aromatic heterocycles. The van der Waals surface area contributed by atoms with Gasteiger partial charge in [0.2, 0.25) is 11.8 Å². The summed E-state index contributed by atoms with van der Waals surface area (Å²) in [6, 6.07) is 13.9. The number of fused-ring (bicyclic) bond motifs is 1. The van der Waals surface area contributed by atoms with Crippen molar-refractivity contribution in [2.45, 2.75) is 50.3 Å². The highest BCUT2D eigenvalue weighted by Crippen LogP contribution is 2.49. The van der Waals surface area contributed by atoms with Crippen molar-refractivity contribution in [1.82, 2.24) is 15.1 Å². The highest BCUT2D eigenvalue weighted by molar-refractivity contribution is 8.00. The van der Waals surface area contributed by atoms with Crippen LogP contribution in [-0.4, -0.2) is 39.9 Å². The molecule has 9 heteroatoms. The van der Waals surface area contributed by atoms with Crippen LogP contribution in [0.15, 0.2) is 48.5 Å². The molecular formula is C27H28ClFN4O2S. The van der Waals surface area contributed by atoms with E-state index in [-0.39, 0.29) is 35.4 Å². The first-order valence-electron chi connectivity index (χ1n) is 12.0. The number of carbonyl (C=O) groups excluding carboxylic acids is 2. The third-order valence-electron chi connectivity index (χ3n) is 6.28. The molecule has 2 aromatic carbocycles. The van der Waals surface area contributed by atoms with E-state index in [1.165, 1.54) is 28.8 Å². The van der Waals surface area contributed by atoms with Gasteiger partial charge in [0.25, 0.3) is 0 Å². The number of nitrogens with zero attached hydrogens (tertiary/aromatic N) is 3. The van der Waals surface area contributed by atoms with Crippen molar-refractivity contribution in [2.75, 3.05) is 17.2 Å². The molecule has 5 rings (SSSR count). The summed E-state index contributed by atoms with van der Waals surface area (Å²) in [4.78, 5) is 28.0. The Balaban J connectivity index is 1.76. The first-order chi connectivity index (χ1) is 17.1. The second-order valence-electron chi connectivity index (χ2n) is 10.3. The van der Waals surface area contributed by atoms with Gasteiger partial charge in [-0.1, -0.05) is 56.6 Å². The first kappa shape index (κ1) is 24.8. The summed E-state index contributed by atoms with van der Waals surface area (Å²) in [6.45, 7) is 6.02. The summed E-state index contributed by atoms with van der Waals surface area (Å²) in [5, 5.41) is 8.22. The Morgan fingerprint density at radius 3 is 2.61 bits per heavy atom. The second-order valence-corrected chi connectivity index (χ2v) is 11.8. The normalized spacial score (nSPS) is 18.1. The van der Waals surface area contributed by atoms with Crippen LogP contribution in [0, 0.1) is 5.82 Å². The maximum absolute atomic E-state index is 14.3. The zero-order valence-corrected chi connectivity index (χ0v) is 22.0. The Bertz CT molecular complexity index is 1330. The number of hydrogen-bond acceptors (Lipinski definition) is 4. The van der Waals surface area contributed by atoms with E-state index in [9.17, 15) is 14.0 Å². The zero-order valence-electron chi connectivity index (χ0n) is 20.4. The minimum atomic E-state index is -0.413. The zero-order chi connectivity index (χ0) is 25.6. The van der Waals surface area contributed by atoms with Gasteiger partial charge in [0, 0.05) is 22.0 Å². The number of anilines is 1. The van der Waals surface area contributed by atoms with Crippen LogP contribution in [0.3, 0.4) is 0 Å². The van der Waals surface area contributed by atoms with Crippen LogP contribution in [0.2, 0.25) is 5.02 Å². The molecule has 188 valence electrons. The first-order valence-corrected chi connectivity index (χ1v) is 13.4. The SMILES string of the molecule is CC(C)(C)c1nn(-c2cccc(F)c2)c2c1[C@@H](c1ccccc1Cl)SCC(=O)N2CC(=O)NC1CC1. The lowest BCUT2D eigenvalue weighted by Gasteiger charge is -2.25. The molecular weight excluding hydrogens is 499 g/mol. The molecule has 0 bridgehead atoms. The average Bonchev–Trinajstić information content (AvgIpc) is 3.56. The van der Waals surface area contributed by atoms with Crippen molar-refractivity contribution in [3.63, 3.8) is 0 Å². The van der Waals surface area contributed by atoms with Gasteiger partial charge in [-0.25, -0.2) is 9.07 Å². The summed E-state index contributed by atoms with van der Waals surface area (Å²) in [5.74, 6) is -0.198. The number of nitrogens with one attached hydrogen (secondary N) is 1. The van der Waals surface area contributed by atoms with Crippen molar-refractivity contribution >= 4 is 41.0 Å². The summed E-state index contributed by atoms with van der Waals surface area (Å²) < 4.78 is 15.9. The molecule has 0 unspecified atom stereocenters. The number of carbonyl (C=O) groups is 2. The summed E-state index contributed by atoms with van der Waals surface area (Å²) in [7, 11) is 0. The van der Waals surface area contributed by atoms with Gasteiger partial charge < -0.3 is 5.32 Å². The molecule has 36 heavy (non-hydrogen) atoms. The van der Waals surface area contributed by atoms with Gasteiger partial charge in [0.05, 0.1) is 22.4 Å². The van der Waals surface area contributed by atoms with Crippen molar-refractivity contribution < 1.29 is 14.0 Å². The quantitative estimate of drug-likeness (QED) is 0.482. The lowest BCUT2D eigenvalue weighted by atomic mass is 9.87. The molecule has 0 saturated heterocycles. The van der Waals surface area contributed by atoms with Gasteiger partial charge in [0.15, 0.2) is 0 Å². The van der Waals surface area contributed by atoms with E-state index in [4.69, 9.17) is 16.7 Å². The number of hydrogen-bond donors (Lipinski definition) is 1. The van der Waals surface area contributed by atoms with E-state index >= 15 is 0 Å². The van der Waals surface area contributed by atoms with Crippen molar-refractivity contribution in [3.8, 4) is 5.69 Å². The summed E-state index contributed by atoms with van der Waals surface area (Å²) in [5.41, 5.74) is 2.52. The molecule has 1 saturated carbocycles. The standard InChI is InChI=1S/C27H28ClFN4O2S/c1-27(2,3)25-23-24(19-9-4-5-10-20(19)28)36-15-22(35)32(14-21(34)30-17-11-12-17)26(23)33(31-25)18-8-6-7-16(29)13-18/h4-10,13,17,24H,11-12,14-15H2,1-3H3,(H,30,34)/t24-/m1/s1. The van der Waals surface area contributed by atoms with Gasteiger partial charge in [0.1, 0.15) is 18.2 Å². The van der Waals surface area contributed by atoms with Crippen LogP contribution in [-0.2, 0) is 15.0 Å². The maximum Gasteiger partial charge on any atom is 0.240 e. The van der Waals surface area contributed by atoms with E-state index in [0.29, 0.717) is 16.5 Å². The summed E-state index contributed by atoms with van der Waals surface area (Å²) in [6.07, 6.45) is 1.90. The predicted octanol–water partition coefficient (Wildman–Crippen LogP) is 5.41. The van der Waals surface area contributed by atoms with Crippen molar-refractivity contribution in [2.24, 2.45) is 0 Å². The van der Waals surface area contributed by atoms with Crippen LogP contribution in [0.1, 0.15) is 55.7 Å². The lowest BCUT2D eigenvalue weighted by Crippen LogP contribution is -2.43. The Morgan fingerprint density at radius 2 is 1.94 bits per heavy atom. The Kier molecular flexibility index (Phi) is 6.59. The van der Waals surface area contributed by atoms with E-state index in [1.807, 2.05) is 24.3 Å². The van der Waals surface area contributed by atoms with E-state index < -0.39 is 11.2 Å². The molecule has 1 N–H and O–H groups in total. The molecule has 1 fully saturated rings. The van der Waals surface area contributed by atoms with Gasteiger partial charge in [-0.05, 0) is 42.7 Å². The molecule has 2 aliphatic rings. The predicted molar refractivity (Wildman–Crippen MR) is 141 cm³/mol. The van der Waals surface area contributed by atoms with E-state index in [0.717, 1.165) is 29.7 Å². The highest BCUT2D eigenvalue weighted by Gasteiger charge is 2.40. The molecule has 6 nitrogen and oxygen atoms in total. The van der Waals surface area contributed by atoms with Crippen LogP contribution in [0.4, 0.5) is 10.2 Å². The molecule has 1 aliphatic carbocycles. The van der Waals surface area contributed by atoms with Gasteiger partial charge in [-0.2, -0.15) is 5.10 Å². The fourth-order valence-electron chi connectivity index (χ4n) is 4.44. The number of aromatic nitrogens is 2. The summed E-state index contributed by atoms with van der Waals surface area (Å²) >= 11 is 8.12. The Hall–Kier alpha value is -2.84.